The first-order valence-electron chi connectivity index (χ1n) is 7.52. The van der Waals surface area contributed by atoms with Crippen molar-refractivity contribution in [1.29, 1.82) is 0 Å². The molecule has 0 aliphatic carbocycles. The molecule has 1 fully saturated rings. The number of hydrogen-bond acceptors (Lipinski definition) is 5. The second kappa shape index (κ2) is 6.39. The molecule has 1 aliphatic rings. The molecule has 0 atom stereocenters. The van der Waals surface area contributed by atoms with E-state index in [-0.39, 0.29) is 0 Å². The highest BCUT2D eigenvalue weighted by atomic mass is 15.1. The van der Waals surface area contributed by atoms with Crippen LogP contribution >= 0.6 is 0 Å². The Morgan fingerprint density at radius 1 is 1.30 bits per heavy atom. The van der Waals surface area contributed by atoms with Gasteiger partial charge in [-0.2, -0.15) is 4.98 Å². The van der Waals surface area contributed by atoms with Gasteiger partial charge in [-0.25, -0.2) is 4.98 Å². The summed E-state index contributed by atoms with van der Waals surface area (Å²) < 4.78 is 0. The second-order valence-electron chi connectivity index (χ2n) is 6.22. The Bertz CT molecular complexity index is 438. The highest BCUT2D eigenvalue weighted by Crippen LogP contribution is 2.30. The van der Waals surface area contributed by atoms with Crippen LogP contribution in [-0.2, 0) is 0 Å². The van der Waals surface area contributed by atoms with E-state index in [1.807, 2.05) is 6.20 Å². The van der Waals surface area contributed by atoms with Crippen LogP contribution in [0.15, 0.2) is 6.20 Å². The van der Waals surface area contributed by atoms with Crippen molar-refractivity contribution in [2.45, 2.75) is 33.6 Å². The molecule has 1 aliphatic heterocycles. The molecule has 0 aromatic carbocycles. The smallest absolute Gasteiger partial charge is 0.224 e. The van der Waals surface area contributed by atoms with Crippen molar-refractivity contribution in [3.05, 3.63) is 11.8 Å². The molecular formula is C15H27N5. The summed E-state index contributed by atoms with van der Waals surface area (Å²) in [4.78, 5) is 11.2. The molecule has 0 spiro atoms. The van der Waals surface area contributed by atoms with E-state index in [0.29, 0.717) is 11.4 Å². The van der Waals surface area contributed by atoms with Crippen molar-refractivity contribution in [1.82, 2.24) is 14.9 Å². The fourth-order valence-corrected chi connectivity index (χ4v) is 2.50. The minimum absolute atomic E-state index is 0.363. The predicted octanol–water partition coefficient (Wildman–Crippen LogP) is 2.36. The summed E-state index contributed by atoms with van der Waals surface area (Å²) >= 11 is 0. The number of aryl methyl sites for hydroxylation is 1. The lowest BCUT2D eigenvalue weighted by Gasteiger charge is -2.38. The second-order valence-corrected chi connectivity index (χ2v) is 6.22. The maximum atomic E-state index is 4.55. The van der Waals surface area contributed by atoms with Gasteiger partial charge in [-0.15, -0.1) is 0 Å². The Hall–Kier alpha value is -1.36. The van der Waals surface area contributed by atoms with E-state index in [9.17, 15) is 0 Å². The summed E-state index contributed by atoms with van der Waals surface area (Å²) in [5, 5.41) is 6.69. The number of nitrogens with one attached hydrogen (secondary N) is 2. The summed E-state index contributed by atoms with van der Waals surface area (Å²) in [7, 11) is 2.20. The van der Waals surface area contributed by atoms with E-state index in [4.69, 9.17) is 0 Å². The zero-order chi connectivity index (χ0) is 14.6. The van der Waals surface area contributed by atoms with Crippen molar-refractivity contribution in [3.63, 3.8) is 0 Å². The molecule has 5 nitrogen and oxygen atoms in total. The van der Waals surface area contributed by atoms with E-state index in [1.54, 1.807) is 0 Å². The van der Waals surface area contributed by atoms with Crippen molar-refractivity contribution in [3.8, 4) is 0 Å². The quantitative estimate of drug-likeness (QED) is 0.865. The van der Waals surface area contributed by atoms with Crippen LogP contribution in [0.25, 0.3) is 0 Å². The number of hydrogen-bond donors (Lipinski definition) is 2. The summed E-state index contributed by atoms with van der Waals surface area (Å²) in [6, 6.07) is 0. The lowest BCUT2D eigenvalue weighted by atomic mass is 9.80. The van der Waals surface area contributed by atoms with Crippen LogP contribution in [0.4, 0.5) is 11.8 Å². The molecule has 2 heterocycles. The molecule has 0 saturated carbocycles. The number of piperidine rings is 1. The Morgan fingerprint density at radius 2 is 2.00 bits per heavy atom. The first-order valence-corrected chi connectivity index (χ1v) is 7.52. The minimum atomic E-state index is 0.363. The van der Waals surface area contributed by atoms with Crippen molar-refractivity contribution >= 4 is 11.8 Å². The monoisotopic (exact) mass is 277 g/mol. The molecular weight excluding hydrogens is 250 g/mol. The Morgan fingerprint density at radius 3 is 2.65 bits per heavy atom. The summed E-state index contributed by atoms with van der Waals surface area (Å²) in [6.07, 6.45) is 4.35. The third kappa shape index (κ3) is 3.82. The highest BCUT2D eigenvalue weighted by molar-refractivity contribution is 5.46. The molecule has 0 bridgehead atoms. The zero-order valence-corrected chi connectivity index (χ0v) is 13.2. The number of anilines is 2. The average Bonchev–Trinajstić information content (AvgIpc) is 2.43. The van der Waals surface area contributed by atoms with Gasteiger partial charge in [0.05, 0.1) is 0 Å². The minimum Gasteiger partial charge on any atom is -0.369 e. The van der Waals surface area contributed by atoms with Crippen LogP contribution in [0.1, 0.15) is 32.3 Å². The Balaban J connectivity index is 1.97. The molecule has 1 saturated heterocycles. The normalized spacial score (nSPS) is 18.8. The molecule has 0 radical (unpaired) electrons. The van der Waals surface area contributed by atoms with Crippen LogP contribution in [0.5, 0.6) is 0 Å². The fraction of sp³-hybridized carbons (Fsp3) is 0.733. The fourth-order valence-electron chi connectivity index (χ4n) is 2.50. The van der Waals surface area contributed by atoms with Crippen molar-refractivity contribution in [2.24, 2.45) is 5.41 Å². The third-order valence-electron chi connectivity index (χ3n) is 4.18. The van der Waals surface area contributed by atoms with E-state index >= 15 is 0 Å². The van der Waals surface area contributed by atoms with Crippen LogP contribution < -0.4 is 10.6 Å². The van der Waals surface area contributed by atoms with E-state index < -0.39 is 0 Å². The largest absolute Gasteiger partial charge is 0.369 e. The average molecular weight is 277 g/mol. The standard InChI is InChI=1S/C15H27N5/c1-5-16-14-17-10-12(2)13(19-14)18-11-15(3)6-8-20(4)9-7-15/h10H,5-9,11H2,1-4H3,(H2,16,17,18,19). The number of nitrogens with zero attached hydrogens (tertiary/aromatic N) is 3. The predicted molar refractivity (Wildman–Crippen MR) is 84.3 cm³/mol. The van der Waals surface area contributed by atoms with E-state index in [1.165, 1.54) is 25.9 Å². The van der Waals surface area contributed by atoms with Gasteiger partial charge in [0.25, 0.3) is 0 Å². The van der Waals surface area contributed by atoms with Crippen molar-refractivity contribution < 1.29 is 0 Å². The van der Waals surface area contributed by atoms with E-state index in [2.05, 4.69) is 53.3 Å². The van der Waals surface area contributed by atoms with Crippen LogP contribution in [0.3, 0.4) is 0 Å². The molecule has 112 valence electrons. The first-order chi connectivity index (χ1) is 9.52. The van der Waals surface area contributed by atoms with Gasteiger partial charge in [0, 0.05) is 24.8 Å². The summed E-state index contributed by atoms with van der Waals surface area (Å²) in [6.45, 7) is 10.7. The van der Waals surface area contributed by atoms with Gasteiger partial charge in [0.1, 0.15) is 5.82 Å². The molecule has 1 aromatic rings. The number of rotatable bonds is 5. The first kappa shape index (κ1) is 15.0. The Kier molecular flexibility index (Phi) is 4.81. The third-order valence-corrected chi connectivity index (χ3v) is 4.18. The molecule has 2 N–H and O–H groups in total. The van der Waals surface area contributed by atoms with Gasteiger partial charge in [-0.05, 0) is 52.2 Å². The van der Waals surface area contributed by atoms with E-state index in [0.717, 1.165) is 24.5 Å². The SMILES string of the molecule is CCNc1ncc(C)c(NCC2(C)CCN(C)CC2)n1. The maximum absolute atomic E-state index is 4.55. The van der Waals surface area contributed by atoms with Gasteiger partial charge < -0.3 is 15.5 Å². The molecule has 2 rings (SSSR count). The van der Waals surface area contributed by atoms with Gasteiger partial charge >= 0.3 is 0 Å². The Labute approximate surface area is 122 Å². The van der Waals surface area contributed by atoms with Gasteiger partial charge in [-0.1, -0.05) is 6.92 Å². The van der Waals surface area contributed by atoms with Crippen molar-refractivity contribution in [2.75, 3.05) is 43.9 Å². The van der Waals surface area contributed by atoms with Crippen LogP contribution in [-0.4, -0.2) is 48.1 Å². The topological polar surface area (TPSA) is 53.1 Å². The highest BCUT2D eigenvalue weighted by Gasteiger charge is 2.28. The molecule has 1 aromatic heterocycles. The van der Waals surface area contributed by atoms with Gasteiger partial charge in [-0.3, -0.25) is 0 Å². The van der Waals surface area contributed by atoms with Gasteiger partial charge in [0.2, 0.25) is 5.95 Å². The molecule has 0 amide bonds. The van der Waals surface area contributed by atoms with Crippen LogP contribution in [0, 0.1) is 12.3 Å². The maximum Gasteiger partial charge on any atom is 0.224 e. The van der Waals surface area contributed by atoms with Gasteiger partial charge in [0.15, 0.2) is 0 Å². The summed E-state index contributed by atoms with van der Waals surface area (Å²) in [5.41, 5.74) is 1.46. The van der Waals surface area contributed by atoms with Crippen LogP contribution in [0.2, 0.25) is 0 Å². The lowest BCUT2D eigenvalue weighted by molar-refractivity contribution is 0.150. The number of aromatic nitrogens is 2. The zero-order valence-electron chi connectivity index (χ0n) is 13.2. The lowest BCUT2D eigenvalue weighted by Crippen LogP contribution is -2.40. The molecule has 0 unspecified atom stereocenters. The molecule has 5 heteroatoms. The number of likely N-dealkylation sites (tertiary alicyclic amines) is 1. The summed E-state index contributed by atoms with van der Waals surface area (Å²) in [5.74, 6) is 1.66. The molecule has 20 heavy (non-hydrogen) atoms.